The molecule has 0 bridgehead atoms. The van der Waals surface area contributed by atoms with E-state index in [1.807, 2.05) is 24.3 Å². The van der Waals surface area contributed by atoms with Gasteiger partial charge in [-0.15, -0.1) is 0 Å². The molecule has 1 fully saturated rings. The van der Waals surface area contributed by atoms with Crippen LogP contribution < -0.4 is 20.3 Å². The number of hydrogen-bond donors (Lipinski definition) is 3. The standard InChI is InChI=1S/C19H25N3O4/c1-25-14-8-6-13(7-9-14)17-16(18(23)26-2)15(20-19(24)21-17)12-22-10-4-3-5-11-22/h6-9,17H,3-5,10-12H2,1-2H3,(H2,20,21,24)/p+1/t17-/m0/s1. The Balaban J connectivity index is 1.95. The van der Waals surface area contributed by atoms with Crippen LogP contribution in [-0.2, 0) is 9.53 Å². The summed E-state index contributed by atoms with van der Waals surface area (Å²) in [4.78, 5) is 26.1. The number of methoxy groups -OCH3 is 2. The Labute approximate surface area is 153 Å². The molecule has 0 unspecified atom stereocenters. The van der Waals surface area contributed by atoms with E-state index >= 15 is 0 Å². The van der Waals surface area contributed by atoms with Crippen molar-refractivity contribution < 1.29 is 24.0 Å². The molecule has 7 nitrogen and oxygen atoms in total. The maximum Gasteiger partial charge on any atom is 0.338 e. The monoisotopic (exact) mass is 360 g/mol. The number of carbonyl (C=O) groups is 2. The molecule has 0 radical (unpaired) electrons. The van der Waals surface area contributed by atoms with E-state index in [1.165, 1.54) is 31.3 Å². The van der Waals surface area contributed by atoms with E-state index in [0.29, 0.717) is 17.8 Å². The number of amides is 2. The minimum atomic E-state index is -0.540. The van der Waals surface area contributed by atoms with E-state index in [-0.39, 0.29) is 6.03 Å². The van der Waals surface area contributed by atoms with Gasteiger partial charge in [0.25, 0.3) is 0 Å². The first-order valence-corrected chi connectivity index (χ1v) is 8.98. The minimum Gasteiger partial charge on any atom is -0.497 e. The summed E-state index contributed by atoms with van der Waals surface area (Å²) in [5.41, 5.74) is 1.93. The van der Waals surface area contributed by atoms with E-state index < -0.39 is 12.0 Å². The van der Waals surface area contributed by atoms with Gasteiger partial charge in [0.05, 0.1) is 44.6 Å². The molecular weight excluding hydrogens is 334 g/mol. The largest absolute Gasteiger partial charge is 0.497 e. The van der Waals surface area contributed by atoms with Crippen molar-refractivity contribution in [2.45, 2.75) is 25.3 Å². The van der Waals surface area contributed by atoms with Crippen molar-refractivity contribution in [1.29, 1.82) is 0 Å². The van der Waals surface area contributed by atoms with Gasteiger partial charge in [0.15, 0.2) is 0 Å². The lowest BCUT2D eigenvalue weighted by Crippen LogP contribution is -3.13. The maximum absolute atomic E-state index is 12.5. The molecule has 3 N–H and O–H groups in total. The summed E-state index contributed by atoms with van der Waals surface area (Å²) < 4.78 is 10.2. The number of benzene rings is 1. The topological polar surface area (TPSA) is 81.1 Å². The molecule has 2 aliphatic heterocycles. The van der Waals surface area contributed by atoms with Gasteiger partial charge in [0, 0.05) is 0 Å². The predicted octanol–water partition coefficient (Wildman–Crippen LogP) is 0.545. The number of nitrogens with one attached hydrogen (secondary N) is 3. The fourth-order valence-corrected chi connectivity index (χ4v) is 3.63. The summed E-state index contributed by atoms with van der Waals surface area (Å²) in [5, 5.41) is 5.68. The molecule has 0 spiro atoms. The summed E-state index contributed by atoms with van der Waals surface area (Å²) in [6, 6.07) is 6.49. The summed E-state index contributed by atoms with van der Waals surface area (Å²) in [6.45, 7) is 2.72. The SMILES string of the molecule is COC(=O)C1=C(C[NH+]2CCCCC2)NC(=O)N[C@H]1c1ccc(OC)cc1. The first-order valence-electron chi connectivity index (χ1n) is 8.98. The summed E-state index contributed by atoms with van der Waals surface area (Å²) in [5.74, 6) is 0.292. The quantitative estimate of drug-likeness (QED) is 0.670. The second kappa shape index (κ2) is 8.23. The fraction of sp³-hybridized carbons (Fsp3) is 0.474. The fourth-order valence-electron chi connectivity index (χ4n) is 3.63. The Morgan fingerprint density at radius 1 is 1.15 bits per heavy atom. The van der Waals surface area contributed by atoms with Gasteiger partial charge in [-0.2, -0.15) is 0 Å². The van der Waals surface area contributed by atoms with Crippen molar-refractivity contribution in [1.82, 2.24) is 10.6 Å². The Morgan fingerprint density at radius 2 is 1.85 bits per heavy atom. The number of urea groups is 1. The molecule has 0 saturated carbocycles. The molecule has 3 rings (SSSR count). The lowest BCUT2D eigenvalue weighted by atomic mass is 9.94. The third-order valence-corrected chi connectivity index (χ3v) is 5.00. The zero-order valence-corrected chi connectivity index (χ0v) is 15.3. The average molecular weight is 360 g/mol. The number of rotatable bonds is 5. The molecule has 2 heterocycles. The van der Waals surface area contributed by atoms with Crippen LogP contribution in [0.25, 0.3) is 0 Å². The molecule has 1 atom stereocenters. The number of hydrogen-bond acceptors (Lipinski definition) is 4. The van der Waals surface area contributed by atoms with E-state index in [4.69, 9.17) is 9.47 Å². The van der Waals surface area contributed by atoms with Crippen LogP contribution in [0.3, 0.4) is 0 Å². The molecule has 7 heteroatoms. The van der Waals surface area contributed by atoms with Crippen molar-refractivity contribution >= 4 is 12.0 Å². The maximum atomic E-state index is 12.5. The molecule has 2 amide bonds. The molecule has 1 aromatic rings. The Morgan fingerprint density at radius 3 is 2.46 bits per heavy atom. The van der Waals surface area contributed by atoms with Crippen LogP contribution in [0.2, 0.25) is 0 Å². The normalized spacial score (nSPS) is 21.0. The molecule has 1 saturated heterocycles. The van der Waals surface area contributed by atoms with Gasteiger partial charge in [-0.1, -0.05) is 12.1 Å². The van der Waals surface area contributed by atoms with Crippen LogP contribution in [0.1, 0.15) is 30.9 Å². The first-order chi connectivity index (χ1) is 12.6. The van der Waals surface area contributed by atoms with Gasteiger partial charge in [-0.05, 0) is 37.0 Å². The molecule has 140 valence electrons. The highest BCUT2D eigenvalue weighted by Crippen LogP contribution is 2.28. The van der Waals surface area contributed by atoms with Crippen molar-refractivity contribution in [3.63, 3.8) is 0 Å². The number of likely N-dealkylation sites (tertiary alicyclic amines) is 1. The Hall–Kier alpha value is -2.54. The van der Waals surface area contributed by atoms with E-state index in [2.05, 4.69) is 10.6 Å². The van der Waals surface area contributed by atoms with Crippen LogP contribution in [0.4, 0.5) is 4.79 Å². The van der Waals surface area contributed by atoms with E-state index in [9.17, 15) is 9.59 Å². The molecule has 0 aromatic heterocycles. The molecule has 2 aliphatic rings. The molecular formula is C19H26N3O4+. The highest BCUT2D eigenvalue weighted by Gasteiger charge is 2.35. The number of carbonyl (C=O) groups excluding carboxylic acids is 2. The average Bonchev–Trinajstić information content (AvgIpc) is 2.68. The second-order valence-corrected chi connectivity index (χ2v) is 6.68. The van der Waals surface area contributed by atoms with Crippen molar-refractivity contribution in [2.75, 3.05) is 33.9 Å². The zero-order valence-electron chi connectivity index (χ0n) is 15.3. The first kappa shape index (κ1) is 18.3. The van der Waals surface area contributed by atoms with Gasteiger partial charge in [-0.3, -0.25) is 0 Å². The van der Waals surface area contributed by atoms with E-state index in [1.54, 1.807) is 7.11 Å². The van der Waals surface area contributed by atoms with Crippen LogP contribution >= 0.6 is 0 Å². The summed E-state index contributed by atoms with van der Waals surface area (Å²) in [6.07, 6.45) is 3.59. The summed E-state index contributed by atoms with van der Waals surface area (Å²) >= 11 is 0. The lowest BCUT2D eigenvalue weighted by molar-refractivity contribution is -0.900. The Bertz CT molecular complexity index is 693. The smallest absolute Gasteiger partial charge is 0.338 e. The molecule has 26 heavy (non-hydrogen) atoms. The highest BCUT2D eigenvalue weighted by atomic mass is 16.5. The predicted molar refractivity (Wildman–Crippen MR) is 95.9 cm³/mol. The number of quaternary nitrogens is 1. The number of ether oxygens (including phenoxy) is 2. The van der Waals surface area contributed by atoms with Gasteiger partial charge in [0.1, 0.15) is 12.3 Å². The van der Waals surface area contributed by atoms with Crippen molar-refractivity contribution in [3.8, 4) is 5.75 Å². The molecule has 1 aromatic carbocycles. The lowest BCUT2D eigenvalue weighted by Gasteiger charge is -2.31. The van der Waals surface area contributed by atoms with Gasteiger partial charge in [0.2, 0.25) is 0 Å². The van der Waals surface area contributed by atoms with Crippen LogP contribution in [-0.4, -0.2) is 45.9 Å². The third-order valence-electron chi connectivity index (χ3n) is 5.00. The van der Waals surface area contributed by atoms with Crippen LogP contribution in [0.5, 0.6) is 5.75 Å². The van der Waals surface area contributed by atoms with E-state index in [0.717, 1.165) is 24.4 Å². The van der Waals surface area contributed by atoms with Crippen molar-refractivity contribution in [3.05, 3.63) is 41.1 Å². The van der Waals surface area contributed by atoms with Crippen LogP contribution in [0.15, 0.2) is 35.5 Å². The number of esters is 1. The minimum absolute atomic E-state index is 0.301. The van der Waals surface area contributed by atoms with Crippen LogP contribution in [0, 0.1) is 0 Å². The van der Waals surface area contributed by atoms with Gasteiger partial charge in [-0.25, -0.2) is 9.59 Å². The summed E-state index contributed by atoms with van der Waals surface area (Å²) in [7, 11) is 2.96. The highest BCUT2D eigenvalue weighted by molar-refractivity contribution is 5.95. The number of piperidine rings is 1. The van der Waals surface area contributed by atoms with Crippen molar-refractivity contribution in [2.24, 2.45) is 0 Å². The van der Waals surface area contributed by atoms with Gasteiger partial charge >= 0.3 is 12.0 Å². The van der Waals surface area contributed by atoms with Gasteiger partial charge < -0.3 is 25.0 Å². The third kappa shape index (κ3) is 3.99. The Kier molecular flexibility index (Phi) is 5.78. The zero-order chi connectivity index (χ0) is 18.5. The second-order valence-electron chi connectivity index (χ2n) is 6.68. The molecule has 0 aliphatic carbocycles.